The molecule has 214 valence electrons. The fraction of sp³-hybridized carbons (Fsp3) is 0.290. The Morgan fingerprint density at radius 3 is 2.20 bits per heavy atom. The molecule has 3 aromatic carbocycles. The van der Waals surface area contributed by atoms with Crippen molar-refractivity contribution < 1.29 is 24.0 Å². The van der Waals surface area contributed by atoms with E-state index >= 15 is 0 Å². The number of piperazine rings is 1. The molecule has 0 atom stereocenters. The lowest BCUT2D eigenvalue weighted by Crippen LogP contribution is -2.50. The third-order valence-electron chi connectivity index (χ3n) is 7.06. The van der Waals surface area contributed by atoms with Gasteiger partial charge in [-0.3, -0.25) is 24.6 Å². The number of carbonyl (C=O) groups excluding carboxylic acids is 2. The van der Waals surface area contributed by atoms with E-state index in [1.54, 1.807) is 43.4 Å². The molecule has 1 aliphatic rings. The van der Waals surface area contributed by atoms with E-state index in [1.165, 1.54) is 24.3 Å². The maximum absolute atomic E-state index is 13.5. The number of nitro benzene ring substituents is 1. The van der Waals surface area contributed by atoms with E-state index in [2.05, 4.69) is 4.90 Å². The topological polar surface area (TPSA) is 105 Å². The highest BCUT2D eigenvalue weighted by molar-refractivity contribution is 5.95. The van der Waals surface area contributed by atoms with Gasteiger partial charge in [0.25, 0.3) is 17.5 Å². The van der Waals surface area contributed by atoms with Gasteiger partial charge in [0.05, 0.1) is 19.1 Å². The van der Waals surface area contributed by atoms with E-state index in [0.29, 0.717) is 62.7 Å². The summed E-state index contributed by atoms with van der Waals surface area (Å²) in [5, 5.41) is 10.9. The largest absolute Gasteiger partial charge is 0.497 e. The molecule has 0 N–H and O–H groups in total. The normalized spacial score (nSPS) is 13.7. The monoisotopic (exact) mass is 558 g/mol. The highest BCUT2D eigenvalue weighted by Crippen LogP contribution is 2.19. The first-order valence-corrected chi connectivity index (χ1v) is 13.4. The summed E-state index contributed by atoms with van der Waals surface area (Å²) in [6.45, 7) is 4.00. The van der Waals surface area contributed by atoms with Crippen molar-refractivity contribution in [2.24, 2.45) is 0 Å². The van der Waals surface area contributed by atoms with Crippen LogP contribution in [0.4, 0.5) is 5.69 Å². The molecule has 0 radical (unpaired) electrons. The quantitative estimate of drug-likeness (QED) is 0.256. The predicted molar refractivity (Wildman–Crippen MR) is 156 cm³/mol. The first kappa shape index (κ1) is 29.3. The zero-order valence-electron chi connectivity index (χ0n) is 23.3. The summed E-state index contributed by atoms with van der Waals surface area (Å²) in [5.41, 5.74) is 1.90. The molecule has 1 fully saturated rings. The van der Waals surface area contributed by atoms with Gasteiger partial charge in [0, 0.05) is 74.6 Å². The van der Waals surface area contributed by atoms with Crippen molar-refractivity contribution in [3.05, 3.63) is 106 Å². The molecule has 0 aromatic heterocycles. The van der Waals surface area contributed by atoms with Crippen molar-refractivity contribution in [3.63, 3.8) is 0 Å². The average molecular weight is 559 g/mol. The van der Waals surface area contributed by atoms with Crippen molar-refractivity contribution in [2.75, 3.05) is 60.0 Å². The van der Waals surface area contributed by atoms with Gasteiger partial charge in [0.15, 0.2) is 0 Å². The number of amides is 2. The molecule has 0 bridgehead atoms. The van der Waals surface area contributed by atoms with Gasteiger partial charge in [-0.1, -0.05) is 30.4 Å². The summed E-state index contributed by atoms with van der Waals surface area (Å²) in [6, 6.07) is 20.5. The Bertz CT molecular complexity index is 1370. The van der Waals surface area contributed by atoms with E-state index in [1.807, 2.05) is 41.3 Å². The lowest BCUT2D eigenvalue weighted by atomic mass is 10.1. The highest BCUT2D eigenvalue weighted by atomic mass is 16.6. The molecule has 0 spiro atoms. The molecule has 3 aromatic rings. The SMILES string of the molecule is COc1ccc(C(=O)N(CC=Cc2ccccc2OC)CCN2CCN(C(=O)c3ccc([N+](=O)[O-])cc3)CC2)cc1. The number of ether oxygens (including phenoxy) is 2. The zero-order valence-corrected chi connectivity index (χ0v) is 23.3. The number of nitro groups is 1. The summed E-state index contributed by atoms with van der Waals surface area (Å²) in [6.07, 6.45) is 3.91. The molecule has 1 saturated heterocycles. The van der Waals surface area contributed by atoms with Crippen LogP contribution in [0.25, 0.3) is 6.08 Å². The standard InChI is InChI=1S/C31H34N4O6/c1-40-28-15-11-26(12-16-28)30(36)33(17-5-7-24-6-3-4-8-29(24)41-2)21-18-32-19-22-34(23-20-32)31(37)25-9-13-27(14-10-25)35(38)39/h3-16H,17-23H2,1-2H3. The van der Waals surface area contributed by atoms with Crippen LogP contribution in [-0.4, -0.2) is 91.5 Å². The summed E-state index contributed by atoms with van der Waals surface area (Å²) in [5.74, 6) is 1.23. The summed E-state index contributed by atoms with van der Waals surface area (Å²) >= 11 is 0. The van der Waals surface area contributed by atoms with Crippen LogP contribution in [0.5, 0.6) is 11.5 Å². The second-order valence-corrected chi connectivity index (χ2v) is 9.56. The Morgan fingerprint density at radius 2 is 1.56 bits per heavy atom. The van der Waals surface area contributed by atoms with Crippen LogP contribution in [0.15, 0.2) is 78.9 Å². The Balaban J connectivity index is 1.37. The average Bonchev–Trinajstić information content (AvgIpc) is 3.02. The zero-order chi connectivity index (χ0) is 29.2. The summed E-state index contributed by atoms with van der Waals surface area (Å²) in [7, 11) is 3.22. The van der Waals surface area contributed by atoms with Crippen LogP contribution >= 0.6 is 0 Å². The first-order valence-electron chi connectivity index (χ1n) is 13.4. The molecule has 0 unspecified atom stereocenters. The van der Waals surface area contributed by atoms with Gasteiger partial charge in [-0.25, -0.2) is 0 Å². The minimum Gasteiger partial charge on any atom is -0.497 e. The molecule has 4 rings (SSSR count). The fourth-order valence-electron chi connectivity index (χ4n) is 4.65. The second kappa shape index (κ2) is 14.1. The number of rotatable bonds is 11. The van der Waals surface area contributed by atoms with Crippen molar-refractivity contribution in [3.8, 4) is 11.5 Å². The number of carbonyl (C=O) groups is 2. The lowest BCUT2D eigenvalue weighted by Gasteiger charge is -2.35. The minimum atomic E-state index is -0.482. The van der Waals surface area contributed by atoms with Crippen LogP contribution in [0.1, 0.15) is 26.3 Å². The molecule has 2 amide bonds. The molecule has 41 heavy (non-hydrogen) atoms. The Hall–Kier alpha value is -4.70. The van der Waals surface area contributed by atoms with Gasteiger partial charge in [0.2, 0.25) is 0 Å². The van der Waals surface area contributed by atoms with Crippen LogP contribution in [0, 0.1) is 10.1 Å². The maximum atomic E-state index is 13.5. The number of non-ortho nitro benzene ring substituents is 1. The van der Waals surface area contributed by atoms with Crippen molar-refractivity contribution in [2.45, 2.75) is 0 Å². The Labute approximate surface area is 239 Å². The molecule has 1 aliphatic heterocycles. The number of hydrogen-bond donors (Lipinski definition) is 0. The van der Waals surface area contributed by atoms with Gasteiger partial charge >= 0.3 is 0 Å². The molecule has 10 heteroatoms. The van der Waals surface area contributed by atoms with Crippen molar-refractivity contribution in [1.82, 2.24) is 14.7 Å². The molecule has 0 saturated carbocycles. The number of hydrogen-bond acceptors (Lipinski definition) is 7. The highest BCUT2D eigenvalue weighted by Gasteiger charge is 2.24. The van der Waals surface area contributed by atoms with E-state index in [-0.39, 0.29) is 17.5 Å². The first-order chi connectivity index (χ1) is 19.9. The van der Waals surface area contributed by atoms with Gasteiger partial charge in [-0.05, 0) is 42.5 Å². The van der Waals surface area contributed by atoms with Gasteiger partial charge in [-0.15, -0.1) is 0 Å². The molecule has 10 nitrogen and oxygen atoms in total. The van der Waals surface area contributed by atoms with E-state index < -0.39 is 4.92 Å². The number of para-hydroxylation sites is 1. The third kappa shape index (κ3) is 7.70. The molecular formula is C31H34N4O6. The Morgan fingerprint density at radius 1 is 0.902 bits per heavy atom. The van der Waals surface area contributed by atoms with Gasteiger partial charge in [-0.2, -0.15) is 0 Å². The van der Waals surface area contributed by atoms with Gasteiger partial charge < -0.3 is 19.3 Å². The second-order valence-electron chi connectivity index (χ2n) is 9.56. The number of benzene rings is 3. The molecule has 0 aliphatic carbocycles. The van der Waals surface area contributed by atoms with Gasteiger partial charge in [0.1, 0.15) is 11.5 Å². The number of methoxy groups -OCH3 is 2. The number of nitrogens with zero attached hydrogens (tertiary/aromatic N) is 4. The summed E-state index contributed by atoms with van der Waals surface area (Å²) < 4.78 is 10.7. The minimum absolute atomic E-state index is 0.0436. The smallest absolute Gasteiger partial charge is 0.269 e. The van der Waals surface area contributed by atoms with E-state index in [4.69, 9.17) is 9.47 Å². The molecular weight excluding hydrogens is 524 g/mol. The Kier molecular flexibility index (Phi) is 10.1. The molecule has 1 heterocycles. The van der Waals surface area contributed by atoms with Crippen molar-refractivity contribution in [1.29, 1.82) is 0 Å². The lowest BCUT2D eigenvalue weighted by molar-refractivity contribution is -0.384. The van der Waals surface area contributed by atoms with E-state index in [9.17, 15) is 19.7 Å². The van der Waals surface area contributed by atoms with Crippen LogP contribution < -0.4 is 9.47 Å². The summed E-state index contributed by atoms with van der Waals surface area (Å²) in [4.78, 5) is 42.6. The predicted octanol–water partition coefficient (Wildman–Crippen LogP) is 4.23. The fourth-order valence-corrected chi connectivity index (χ4v) is 4.65. The maximum Gasteiger partial charge on any atom is 0.269 e. The van der Waals surface area contributed by atoms with E-state index in [0.717, 1.165) is 11.3 Å². The van der Waals surface area contributed by atoms with Crippen LogP contribution in [0.2, 0.25) is 0 Å². The van der Waals surface area contributed by atoms with Crippen LogP contribution in [0.3, 0.4) is 0 Å². The van der Waals surface area contributed by atoms with Crippen molar-refractivity contribution >= 4 is 23.6 Å². The third-order valence-corrected chi connectivity index (χ3v) is 7.06. The van der Waals surface area contributed by atoms with Crippen LogP contribution in [-0.2, 0) is 0 Å².